The highest BCUT2D eigenvalue weighted by atomic mass is 16.5. The third-order valence-corrected chi connectivity index (χ3v) is 2.81. The van der Waals surface area contributed by atoms with E-state index in [0.717, 1.165) is 45.4 Å². The van der Waals surface area contributed by atoms with Crippen molar-refractivity contribution in [2.24, 2.45) is 11.7 Å². The van der Waals surface area contributed by atoms with Crippen molar-refractivity contribution in [2.45, 2.75) is 38.6 Å². The van der Waals surface area contributed by atoms with Crippen LogP contribution in [0, 0.1) is 5.92 Å². The SMILES string of the molecule is CCCC(N)C(=O)NCCC1CCOC1. The van der Waals surface area contributed by atoms with E-state index in [4.69, 9.17) is 10.5 Å². The molecule has 1 aliphatic heterocycles. The summed E-state index contributed by atoms with van der Waals surface area (Å²) in [6.45, 7) is 4.47. The molecule has 4 nitrogen and oxygen atoms in total. The number of amides is 1. The smallest absolute Gasteiger partial charge is 0.236 e. The van der Waals surface area contributed by atoms with Crippen LogP contribution in [0.2, 0.25) is 0 Å². The van der Waals surface area contributed by atoms with Gasteiger partial charge in [0.15, 0.2) is 0 Å². The standard InChI is InChI=1S/C11H22N2O2/c1-2-3-10(12)11(14)13-6-4-9-5-7-15-8-9/h9-10H,2-8,12H2,1H3,(H,13,14). The van der Waals surface area contributed by atoms with Crippen LogP contribution in [0.15, 0.2) is 0 Å². The van der Waals surface area contributed by atoms with Crippen LogP contribution in [-0.2, 0) is 9.53 Å². The number of carbonyl (C=O) groups is 1. The van der Waals surface area contributed by atoms with E-state index in [1.165, 1.54) is 0 Å². The number of nitrogens with two attached hydrogens (primary N) is 1. The summed E-state index contributed by atoms with van der Waals surface area (Å²) >= 11 is 0. The van der Waals surface area contributed by atoms with E-state index >= 15 is 0 Å². The molecule has 1 rings (SSSR count). The Balaban J connectivity index is 2.05. The summed E-state index contributed by atoms with van der Waals surface area (Å²) in [7, 11) is 0. The molecule has 1 heterocycles. The second-order valence-corrected chi connectivity index (χ2v) is 4.20. The van der Waals surface area contributed by atoms with Gasteiger partial charge in [-0.1, -0.05) is 13.3 Å². The molecule has 0 aliphatic carbocycles. The van der Waals surface area contributed by atoms with Crippen LogP contribution in [0.4, 0.5) is 0 Å². The quantitative estimate of drug-likeness (QED) is 0.682. The Morgan fingerprint density at radius 3 is 3.07 bits per heavy atom. The summed E-state index contributed by atoms with van der Waals surface area (Å²) in [5.74, 6) is 0.600. The first-order valence-corrected chi connectivity index (χ1v) is 5.85. The molecule has 2 atom stereocenters. The maximum atomic E-state index is 11.4. The molecule has 15 heavy (non-hydrogen) atoms. The van der Waals surface area contributed by atoms with Crippen molar-refractivity contribution in [3.8, 4) is 0 Å². The highest BCUT2D eigenvalue weighted by molar-refractivity contribution is 5.81. The maximum absolute atomic E-state index is 11.4. The molecule has 88 valence electrons. The van der Waals surface area contributed by atoms with Crippen LogP contribution in [0.3, 0.4) is 0 Å². The lowest BCUT2D eigenvalue weighted by molar-refractivity contribution is -0.122. The fourth-order valence-electron chi connectivity index (χ4n) is 1.78. The number of rotatable bonds is 6. The van der Waals surface area contributed by atoms with Crippen molar-refractivity contribution in [1.82, 2.24) is 5.32 Å². The van der Waals surface area contributed by atoms with Gasteiger partial charge in [0, 0.05) is 19.8 Å². The Kier molecular flexibility index (Phi) is 5.65. The molecule has 0 aromatic rings. The lowest BCUT2D eigenvalue weighted by Crippen LogP contribution is -2.41. The first kappa shape index (κ1) is 12.5. The van der Waals surface area contributed by atoms with Gasteiger partial charge in [-0.15, -0.1) is 0 Å². The Bertz CT molecular complexity index is 191. The zero-order chi connectivity index (χ0) is 11.1. The van der Waals surface area contributed by atoms with E-state index in [2.05, 4.69) is 5.32 Å². The van der Waals surface area contributed by atoms with E-state index in [0.29, 0.717) is 5.92 Å². The third-order valence-electron chi connectivity index (χ3n) is 2.81. The molecule has 0 bridgehead atoms. The summed E-state index contributed by atoms with van der Waals surface area (Å²) in [5, 5.41) is 2.87. The predicted molar refractivity (Wildman–Crippen MR) is 59.4 cm³/mol. The number of hydrogen-bond acceptors (Lipinski definition) is 3. The van der Waals surface area contributed by atoms with Gasteiger partial charge in [0.25, 0.3) is 0 Å². The molecule has 0 spiro atoms. The number of hydrogen-bond donors (Lipinski definition) is 2. The van der Waals surface area contributed by atoms with Crippen LogP contribution >= 0.6 is 0 Å². The minimum atomic E-state index is -0.338. The first-order valence-electron chi connectivity index (χ1n) is 5.85. The molecule has 1 fully saturated rings. The Hall–Kier alpha value is -0.610. The van der Waals surface area contributed by atoms with Crippen LogP contribution in [0.5, 0.6) is 0 Å². The summed E-state index contributed by atoms with van der Waals surface area (Å²) in [5.41, 5.74) is 5.69. The van der Waals surface area contributed by atoms with Crippen molar-refractivity contribution >= 4 is 5.91 Å². The van der Waals surface area contributed by atoms with Gasteiger partial charge in [-0.2, -0.15) is 0 Å². The van der Waals surface area contributed by atoms with Gasteiger partial charge in [0.1, 0.15) is 0 Å². The highest BCUT2D eigenvalue weighted by Gasteiger charge is 2.16. The topological polar surface area (TPSA) is 64.4 Å². The fraction of sp³-hybridized carbons (Fsp3) is 0.909. The molecule has 0 aromatic heterocycles. The van der Waals surface area contributed by atoms with Crippen LogP contribution in [-0.4, -0.2) is 31.7 Å². The van der Waals surface area contributed by atoms with Gasteiger partial charge in [0.05, 0.1) is 6.04 Å². The van der Waals surface area contributed by atoms with Crippen LogP contribution in [0.1, 0.15) is 32.6 Å². The van der Waals surface area contributed by atoms with Gasteiger partial charge in [-0.25, -0.2) is 0 Å². The molecule has 3 N–H and O–H groups in total. The molecule has 4 heteroatoms. The minimum absolute atomic E-state index is 0.0178. The Morgan fingerprint density at radius 1 is 1.67 bits per heavy atom. The van der Waals surface area contributed by atoms with Crippen LogP contribution < -0.4 is 11.1 Å². The Morgan fingerprint density at radius 2 is 2.47 bits per heavy atom. The van der Waals surface area contributed by atoms with E-state index in [-0.39, 0.29) is 11.9 Å². The lowest BCUT2D eigenvalue weighted by Gasteiger charge is -2.12. The molecule has 0 radical (unpaired) electrons. The van der Waals surface area contributed by atoms with Crippen molar-refractivity contribution in [3.05, 3.63) is 0 Å². The van der Waals surface area contributed by atoms with Gasteiger partial charge < -0.3 is 15.8 Å². The van der Waals surface area contributed by atoms with Gasteiger partial charge in [0.2, 0.25) is 5.91 Å². The molecule has 0 aromatic carbocycles. The Labute approximate surface area is 91.5 Å². The van der Waals surface area contributed by atoms with Crippen molar-refractivity contribution in [1.29, 1.82) is 0 Å². The average Bonchev–Trinajstić information content (AvgIpc) is 2.71. The minimum Gasteiger partial charge on any atom is -0.381 e. The lowest BCUT2D eigenvalue weighted by atomic mass is 10.1. The molecular formula is C11H22N2O2. The number of nitrogens with one attached hydrogen (secondary N) is 1. The summed E-state index contributed by atoms with van der Waals surface area (Å²) in [6, 6.07) is -0.338. The van der Waals surface area contributed by atoms with Gasteiger partial charge >= 0.3 is 0 Å². The highest BCUT2D eigenvalue weighted by Crippen LogP contribution is 2.15. The second-order valence-electron chi connectivity index (χ2n) is 4.20. The molecular weight excluding hydrogens is 192 g/mol. The zero-order valence-electron chi connectivity index (χ0n) is 9.50. The molecule has 2 unspecified atom stereocenters. The van der Waals surface area contributed by atoms with Crippen molar-refractivity contribution in [3.63, 3.8) is 0 Å². The molecule has 1 aliphatic rings. The largest absolute Gasteiger partial charge is 0.381 e. The zero-order valence-corrected chi connectivity index (χ0v) is 9.50. The van der Waals surface area contributed by atoms with Crippen molar-refractivity contribution < 1.29 is 9.53 Å². The van der Waals surface area contributed by atoms with Crippen molar-refractivity contribution in [2.75, 3.05) is 19.8 Å². The van der Waals surface area contributed by atoms with E-state index < -0.39 is 0 Å². The number of carbonyl (C=O) groups excluding carboxylic acids is 1. The van der Waals surface area contributed by atoms with E-state index in [9.17, 15) is 4.79 Å². The normalized spacial score (nSPS) is 22.7. The third kappa shape index (κ3) is 4.62. The van der Waals surface area contributed by atoms with Gasteiger partial charge in [-0.05, 0) is 25.2 Å². The van der Waals surface area contributed by atoms with E-state index in [1.807, 2.05) is 6.92 Å². The predicted octanol–water partition coefficient (Wildman–Crippen LogP) is 0.657. The number of ether oxygens (including phenoxy) is 1. The maximum Gasteiger partial charge on any atom is 0.236 e. The molecule has 1 saturated heterocycles. The summed E-state index contributed by atoms with van der Waals surface area (Å²) in [4.78, 5) is 11.4. The second kappa shape index (κ2) is 6.80. The average molecular weight is 214 g/mol. The van der Waals surface area contributed by atoms with E-state index in [1.54, 1.807) is 0 Å². The first-order chi connectivity index (χ1) is 7.24. The molecule has 1 amide bonds. The summed E-state index contributed by atoms with van der Waals surface area (Å²) < 4.78 is 5.26. The van der Waals surface area contributed by atoms with Gasteiger partial charge in [-0.3, -0.25) is 4.79 Å². The van der Waals surface area contributed by atoms with Crippen LogP contribution in [0.25, 0.3) is 0 Å². The summed E-state index contributed by atoms with van der Waals surface area (Å²) in [6.07, 6.45) is 3.84. The molecule has 0 saturated carbocycles. The monoisotopic (exact) mass is 214 g/mol. The fourth-order valence-corrected chi connectivity index (χ4v) is 1.78.